The van der Waals surface area contributed by atoms with Crippen molar-refractivity contribution < 1.29 is 14.0 Å². The second-order valence-corrected chi connectivity index (χ2v) is 4.07. The summed E-state index contributed by atoms with van der Waals surface area (Å²) in [5.74, 6) is -1.52. The number of nitrogens with zero attached hydrogens (tertiary/aromatic N) is 1. The molecule has 1 aromatic carbocycles. The Labute approximate surface area is 105 Å². The van der Waals surface area contributed by atoms with Crippen molar-refractivity contribution in [3.8, 4) is 0 Å². The van der Waals surface area contributed by atoms with Gasteiger partial charge in [-0.2, -0.15) is 0 Å². The molecular weight excluding hydrogens is 237 g/mol. The molecule has 0 unspecified atom stereocenters. The number of hydrogen-bond donors (Lipinski definition) is 2. The third-order valence-electron chi connectivity index (χ3n) is 2.60. The molecule has 18 heavy (non-hydrogen) atoms. The number of carbonyl (C=O) groups excluding carboxylic acids is 2. The molecular formula is C12H16FN3O2. The Morgan fingerprint density at radius 3 is 2.28 bits per heavy atom. The van der Waals surface area contributed by atoms with Gasteiger partial charge in [0.15, 0.2) is 0 Å². The minimum atomic E-state index is -0.570. The van der Waals surface area contributed by atoms with E-state index in [0.29, 0.717) is 5.56 Å². The van der Waals surface area contributed by atoms with Gasteiger partial charge in [0, 0.05) is 6.04 Å². The van der Waals surface area contributed by atoms with Crippen molar-refractivity contribution in [2.45, 2.75) is 13.0 Å². The molecule has 1 rings (SSSR count). The Balaban J connectivity index is 2.90. The fraction of sp³-hybridized carbons (Fsp3) is 0.333. The van der Waals surface area contributed by atoms with Crippen LogP contribution < -0.4 is 11.5 Å². The number of primary amides is 2. The van der Waals surface area contributed by atoms with Crippen molar-refractivity contribution in [1.29, 1.82) is 0 Å². The average molecular weight is 253 g/mol. The zero-order valence-electron chi connectivity index (χ0n) is 10.1. The summed E-state index contributed by atoms with van der Waals surface area (Å²) in [7, 11) is 0. The van der Waals surface area contributed by atoms with Gasteiger partial charge in [-0.15, -0.1) is 0 Å². The number of benzene rings is 1. The molecule has 0 spiro atoms. The molecule has 0 fully saturated rings. The van der Waals surface area contributed by atoms with Crippen LogP contribution in [0.4, 0.5) is 4.39 Å². The first kappa shape index (κ1) is 14.1. The average Bonchev–Trinajstić information content (AvgIpc) is 2.26. The van der Waals surface area contributed by atoms with Crippen molar-refractivity contribution in [1.82, 2.24) is 4.90 Å². The first-order chi connectivity index (χ1) is 8.40. The van der Waals surface area contributed by atoms with E-state index in [-0.39, 0.29) is 24.9 Å². The zero-order chi connectivity index (χ0) is 13.7. The van der Waals surface area contributed by atoms with E-state index in [0.717, 1.165) is 0 Å². The number of hydrogen-bond acceptors (Lipinski definition) is 3. The first-order valence-corrected chi connectivity index (χ1v) is 5.46. The Kier molecular flexibility index (Phi) is 4.79. The van der Waals surface area contributed by atoms with E-state index in [9.17, 15) is 14.0 Å². The van der Waals surface area contributed by atoms with Gasteiger partial charge in [-0.1, -0.05) is 12.1 Å². The highest BCUT2D eigenvalue weighted by atomic mass is 19.1. The molecule has 0 heterocycles. The lowest BCUT2D eigenvalue weighted by molar-refractivity contribution is -0.122. The Morgan fingerprint density at radius 2 is 1.83 bits per heavy atom. The number of rotatable bonds is 6. The highest BCUT2D eigenvalue weighted by molar-refractivity contribution is 5.79. The van der Waals surface area contributed by atoms with Gasteiger partial charge in [0.1, 0.15) is 5.82 Å². The molecule has 5 nitrogen and oxygen atoms in total. The molecule has 0 aromatic heterocycles. The summed E-state index contributed by atoms with van der Waals surface area (Å²) in [6.07, 6.45) is 0. The summed E-state index contributed by atoms with van der Waals surface area (Å²) in [5.41, 5.74) is 10.9. The minimum absolute atomic E-state index is 0.110. The van der Waals surface area contributed by atoms with Crippen molar-refractivity contribution in [3.63, 3.8) is 0 Å². The largest absolute Gasteiger partial charge is 0.369 e. The van der Waals surface area contributed by atoms with Crippen LogP contribution in [0.25, 0.3) is 0 Å². The topological polar surface area (TPSA) is 89.4 Å². The number of nitrogens with two attached hydrogens (primary N) is 2. The lowest BCUT2D eigenvalue weighted by Crippen LogP contribution is -2.41. The van der Waals surface area contributed by atoms with Gasteiger partial charge in [0.25, 0.3) is 0 Å². The predicted molar refractivity (Wildman–Crippen MR) is 64.8 cm³/mol. The molecule has 0 radical (unpaired) electrons. The maximum Gasteiger partial charge on any atom is 0.231 e. The van der Waals surface area contributed by atoms with E-state index >= 15 is 0 Å². The molecule has 4 N–H and O–H groups in total. The Morgan fingerprint density at radius 1 is 1.28 bits per heavy atom. The molecule has 0 aliphatic carbocycles. The summed E-state index contributed by atoms with van der Waals surface area (Å²) in [6, 6.07) is 5.61. The van der Waals surface area contributed by atoms with Gasteiger partial charge < -0.3 is 11.5 Å². The highest BCUT2D eigenvalue weighted by Crippen LogP contribution is 2.20. The van der Waals surface area contributed by atoms with Gasteiger partial charge in [-0.05, 0) is 24.6 Å². The molecule has 0 saturated carbocycles. The van der Waals surface area contributed by atoms with Crippen LogP contribution in [-0.2, 0) is 9.59 Å². The molecule has 1 aromatic rings. The lowest BCUT2D eigenvalue weighted by Gasteiger charge is -2.26. The maximum atomic E-state index is 13.1. The molecule has 2 amide bonds. The highest BCUT2D eigenvalue weighted by Gasteiger charge is 2.19. The molecule has 0 aliphatic rings. The summed E-state index contributed by atoms with van der Waals surface area (Å²) in [4.78, 5) is 23.4. The van der Waals surface area contributed by atoms with Gasteiger partial charge in [-0.3, -0.25) is 14.5 Å². The molecule has 0 bridgehead atoms. The quantitative estimate of drug-likeness (QED) is 0.756. The van der Waals surface area contributed by atoms with Crippen LogP contribution in [0.2, 0.25) is 0 Å². The van der Waals surface area contributed by atoms with Crippen molar-refractivity contribution in [2.24, 2.45) is 11.5 Å². The molecule has 1 atom stereocenters. The van der Waals surface area contributed by atoms with E-state index in [1.165, 1.54) is 17.0 Å². The van der Waals surface area contributed by atoms with Gasteiger partial charge in [-0.25, -0.2) is 4.39 Å². The van der Waals surface area contributed by atoms with Gasteiger partial charge in [0.2, 0.25) is 11.8 Å². The smallest absolute Gasteiger partial charge is 0.231 e. The minimum Gasteiger partial charge on any atom is -0.369 e. The fourth-order valence-electron chi connectivity index (χ4n) is 1.71. The predicted octanol–water partition coefficient (Wildman–Crippen LogP) is 0.159. The summed E-state index contributed by atoms with van der Waals surface area (Å²) in [6.45, 7) is 1.53. The van der Waals surface area contributed by atoms with Crippen molar-refractivity contribution in [2.75, 3.05) is 13.1 Å². The van der Waals surface area contributed by atoms with Crippen LogP contribution in [0.5, 0.6) is 0 Å². The van der Waals surface area contributed by atoms with Crippen LogP contribution in [0.3, 0.4) is 0 Å². The van der Waals surface area contributed by atoms with Crippen molar-refractivity contribution >= 4 is 11.8 Å². The van der Waals surface area contributed by atoms with Crippen LogP contribution in [0, 0.1) is 5.82 Å². The monoisotopic (exact) mass is 253 g/mol. The molecule has 0 aliphatic heterocycles. The number of carbonyl (C=O) groups is 2. The van der Waals surface area contributed by atoms with Crippen LogP contribution in [0.15, 0.2) is 24.3 Å². The van der Waals surface area contributed by atoms with Gasteiger partial charge in [0.05, 0.1) is 13.1 Å². The van der Waals surface area contributed by atoms with E-state index in [4.69, 9.17) is 11.5 Å². The summed E-state index contributed by atoms with van der Waals surface area (Å²) >= 11 is 0. The Hall–Kier alpha value is -1.95. The molecule has 6 heteroatoms. The van der Waals surface area contributed by atoms with Crippen LogP contribution >= 0.6 is 0 Å². The van der Waals surface area contributed by atoms with E-state index in [1.807, 2.05) is 0 Å². The van der Waals surface area contributed by atoms with E-state index in [1.54, 1.807) is 19.1 Å². The standard InChI is InChI=1S/C12H16FN3O2/c1-8(9-3-2-4-10(13)5-9)16(6-11(14)17)7-12(15)18/h2-5,8H,6-7H2,1H3,(H2,14,17)(H2,15,18)/t8-/m1/s1. The first-order valence-electron chi connectivity index (χ1n) is 5.46. The second-order valence-electron chi connectivity index (χ2n) is 4.07. The normalized spacial score (nSPS) is 12.4. The third-order valence-corrected chi connectivity index (χ3v) is 2.60. The maximum absolute atomic E-state index is 13.1. The van der Waals surface area contributed by atoms with Crippen LogP contribution in [0.1, 0.15) is 18.5 Å². The van der Waals surface area contributed by atoms with E-state index in [2.05, 4.69) is 0 Å². The van der Waals surface area contributed by atoms with Crippen LogP contribution in [-0.4, -0.2) is 29.8 Å². The number of amides is 2. The van der Waals surface area contributed by atoms with Gasteiger partial charge >= 0.3 is 0 Å². The Bertz CT molecular complexity index is 435. The molecule has 0 saturated heterocycles. The SMILES string of the molecule is C[C@H](c1cccc(F)c1)N(CC(N)=O)CC(N)=O. The number of halogens is 1. The molecule has 98 valence electrons. The van der Waals surface area contributed by atoms with Crippen molar-refractivity contribution in [3.05, 3.63) is 35.6 Å². The summed E-state index contributed by atoms with van der Waals surface area (Å²) in [5, 5.41) is 0. The lowest BCUT2D eigenvalue weighted by atomic mass is 10.1. The second kappa shape index (κ2) is 6.11. The fourth-order valence-corrected chi connectivity index (χ4v) is 1.71. The zero-order valence-corrected chi connectivity index (χ0v) is 10.1. The third kappa shape index (κ3) is 4.14. The summed E-state index contributed by atoms with van der Waals surface area (Å²) < 4.78 is 13.1. The van der Waals surface area contributed by atoms with E-state index < -0.39 is 11.8 Å².